The van der Waals surface area contributed by atoms with Gasteiger partial charge in [-0.2, -0.15) is 18.2 Å². The third kappa shape index (κ3) is 8.04. The number of fused-ring (bicyclic) bond motifs is 6. The number of nitrogens with one attached hydrogen (secondary N) is 2. The number of carbonyl (C=O) groups excluding carboxylic acids is 3. The van der Waals surface area contributed by atoms with Crippen molar-refractivity contribution in [3.05, 3.63) is 51.4 Å². The van der Waals surface area contributed by atoms with Crippen molar-refractivity contribution in [3.63, 3.8) is 0 Å². The van der Waals surface area contributed by atoms with Gasteiger partial charge in [0, 0.05) is 65.5 Å². The van der Waals surface area contributed by atoms with Crippen LogP contribution in [0.4, 0.5) is 30.4 Å². The number of anilines is 1. The van der Waals surface area contributed by atoms with E-state index in [1.807, 2.05) is 17.6 Å². The molecule has 6 aliphatic rings. The van der Waals surface area contributed by atoms with Crippen molar-refractivity contribution in [2.75, 3.05) is 33.5 Å². The van der Waals surface area contributed by atoms with Crippen LogP contribution in [0.5, 0.6) is 0 Å². The molecule has 19 heteroatoms. The van der Waals surface area contributed by atoms with Gasteiger partial charge >= 0.3 is 12.1 Å². The van der Waals surface area contributed by atoms with Crippen LogP contribution in [0.3, 0.4) is 0 Å². The van der Waals surface area contributed by atoms with Crippen LogP contribution in [-0.4, -0.2) is 106 Å². The van der Waals surface area contributed by atoms with Gasteiger partial charge in [0.05, 0.1) is 23.2 Å². The molecule has 2 aromatic rings. The second-order valence-electron chi connectivity index (χ2n) is 13.8. The molecule has 8 unspecified atom stereocenters. The first-order chi connectivity index (χ1) is 25.0. The van der Waals surface area contributed by atoms with Gasteiger partial charge in [-0.3, -0.25) is 24.4 Å². The van der Waals surface area contributed by atoms with Gasteiger partial charge in [0.25, 0.3) is 0 Å². The molecule has 0 radical (unpaired) electrons. The van der Waals surface area contributed by atoms with Crippen LogP contribution in [0.1, 0.15) is 24.2 Å². The van der Waals surface area contributed by atoms with Crippen molar-refractivity contribution in [1.29, 1.82) is 0 Å². The normalized spacial score (nSPS) is 27.4. The van der Waals surface area contributed by atoms with Gasteiger partial charge in [-0.05, 0) is 59.7 Å². The van der Waals surface area contributed by atoms with E-state index in [2.05, 4.69) is 47.4 Å². The van der Waals surface area contributed by atoms with E-state index in [1.165, 1.54) is 4.90 Å². The van der Waals surface area contributed by atoms with E-state index in [9.17, 15) is 27.6 Å². The summed E-state index contributed by atoms with van der Waals surface area (Å²) in [6.45, 7) is 0. The number of halogens is 6. The van der Waals surface area contributed by atoms with E-state index < -0.39 is 24.0 Å². The maximum atomic E-state index is 12.6. The first kappa shape index (κ1) is 38.6. The smallest absolute Gasteiger partial charge is 0.364 e. The van der Waals surface area contributed by atoms with Gasteiger partial charge in [-0.15, -0.1) is 0 Å². The molecule has 4 bridgehead atoms. The van der Waals surface area contributed by atoms with Gasteiger partial charge in [0.1, 0.15) is 11.4 Å². The zero-order valence-electron chi connectivity index (χ0n) is 29.0. The maximum Gasteiger partial charge on any atom is 0.471 e. The number of allylic oxidation sites excluding steroid dienone is 2. The number of alkyl halides is 3. The fourth-order valence-corrected chi connectivity index (χ4v) is 8.36. The second-order valence-corrected chi connectivity index (χ2v) is 14.9. The van der Waals surface area contributed by atoms with Gasteiger partial charge in [-0.25, -0.2) is 15.0 Å². The minimum atomic E-state index is -4.92. The van der Waals surface area contributed by atoms with E-state index in [0.29, 0.717) is 47.8 Å². The maximum absolute atomic E-state index is 12.6. The number of aliphatic imine (C=N–C) groups is 2. The molecule has 3 amide bonds. The Hall–Kier alpha value is -4.15. The van der Waals surface area contributed by atoms with E-state index in [-0.39, 0.29) is 46.2 Å². The predicted molar refractivity (Wildman–Crippen MR) is 194 cm³/mol. The lowest BCUT2D eigenvalue weighted by Crippen LogP contribution is -2.51. The van der Waals surface area contributed by atoms with Crippen molar-refractivity contribution < 1.29 is 27.6 Å². The Labute approximate surface area is 318 Å². The second kappa shape index (κ2) is 15.3. The number of hydrogen-bond acceptors (Lipinski definition) is 10. The molecule has 2 aromatic heterocycles. The minimum absolute atomic E-state index is 0.0192. The molecule has 0 saturated heterocycles. The Morgan fingerprint density at radius 2 is 1.17 bits per heavy atom. The molecule has 4 heterocycles. The number of hydrogen-bond donors (Lipinski definition) is 2. The lowest BCUT2D eigenvalue weighted by Gasteiger charge is -2.30. The Morgan fingerprint density at radius 3 is 1.72 bits per heavy atom. The topological polar surface area (TPSA) is 158 Å². The van der Waals surface area contributed by atoms with Crippen molar-refractivity contribution in [2.24, 2.45) is 45.5 Å². The quantitative estimate of drug-likeness (QED) is 0.242. The van der Waals surface area contributed by atoms with Crippen LogP contribution < -0.4 is 10.6 Å². The van der Waals surface area contributed by atoms with Gasteiger partial charge in [0.2, 0.25) is 22.4 Å². The number of amides is 3. The molecule has 2 fully saturated rings. The minimum Gasteiger partial charge on any atom is -0.364 e. The number of rotatable bonds is 5. The largest absolute Gasteiger partial charge is 0.471 e. The summed E-state index contributed by atoms with van der Waals surface area (Å²) in [6.07, 6.45) is 9.62. The third-order valence-corrected chi connectivity index (χ3v) is 10.7. The highest BCUT2D eigenvalue weighted by Gasteiger charge is 2.52. The monoisotopic (exact) mass is 794 g/mol. The third-order valence-electron chi connectivity index (χ3n) is 10.1. The SMILES string of the molecule is CN(C)C(=O)C1C2C=CC(C2)C1NC(=O)C(F)(F)F.CN(C)C(=O)C1C2C=CC(C2)C1Nc1nc(Cl)nc2c1N=CC2.Clc1nc(Cl)c2c(n1)CC=N2. The van der Waals surface area contributed by atoms with Gasteiger partial charge in [0.15, 0.2) is 11.0 Å². The molecule has 53 heavy (non-hydrogen) atoms. The Balaban J connectivity index is 0.000000144. The molecule has 2 aliphatic heterocycles. The lowest BCUT2D eigenvalue weighted by molar-refractivity contribution is -0.175. The van der Waals surface area contributed by atoms with Crippen LogP contribution in [-0.2, 0) is 27.2 Å². The molecule has 8 atom stereocenters. The first-order valence-corrected chi connectivity index (χ1v) is 17.9. The number of carbonyl (C=O) groups is 3. The number of nitrogens with zero attached hydrogens (tertiary/aromatic N) is 8. The summed E-state index contributed by atoms with van der Waals surface area (Å²) < 4.78 is 36.9. The van der Waals surface area contributed by atoms with Crippen LogP contribution in [0.15, 0.2) is 34.3 Å². The summed E-state index contributed by atoms with van der Waals surface area (Å²) >= 11 is 17.3. The zero-order chi connectivity index (χ0) is 38.4. The molecule has 2 N–H and O–H groups in total. The molecule has 13 nitrogen and oxygen atoms in total. The molecular weight excluding hydrogens is 760 g/mol. The molecule has 282 valence electrons. The van der Waals surface area contributed by atoms with Crippen LogP contribution in [0.25, 0.3) is 0 Å². The fraction of sp³-hybridized carbons (Fsp3) is 0.500. The standard InChI is InChI=1S/C16H18ClN5O.C12H15F3N2O2.C6H3Cl2N3/c1-22(2)15(23)11-8-3-4-9(7-8)12(11)20-14-13-10(5-6-18-13)19-16(17)21-14;1-17(2)10(18)8-6-3-4-7(5-6)9(8)16-11(19)12(13,14)15;7-5-4-3(1-2-9-4)10-6(8)11-5/h3-4,6,8-9,11-12H,5,7H2,1-2H3,(H,19,20,21);3-4,6-9H,5H2,1-2H3,(H,16,19);2H,1H2. The highest BCUT2D eigenvalue weighted by molar-refractivity contribution is 6.33. The summed E-state index contributed by atoms with van der Waals surface area (Å²) in [6, 6.07) is -0.746. The zero-order valence-corrected chi connectivity index (χ0v) is 31.2. The summed E-state index contributed by atoms with van der Waals surface area (Å²) in [5, 5.41) is 6.15. The molecule has 2 saturated carbocycles. The highest BCUT2D eigenvalue weighted by atomic mass is 35.5. The van der Waals surface area contributed by atoms with Crippen molar-refractivity contribution >= 4 is 82.1 Å². The first-order valence-electron chi connectivity index (χ1n) is 16.8. The fourth-order valence-electron chi connectivity index (χ4n) is 7.71. The van der Waals surface area contributed by atoms with Crippen LogP contribution in [0.2, 0.25) is 15.7 Å². The molecule has 0 spiro atoms. The van der Waals surface area contributed by atoms with Crippen molar-refractivity contribution in [3.8, 4) is 0 Å². The molecule has 8 rings (SSSR count). The van der Waals surface area contributed by atoms with Crippen molar-refractivity contribution in [2.45, 2.75) is 43.9 Å². The van der Waals surface area contributed by atoms with Gasteiger partial charge < -0.3 is 20.4 Å². The average Bonchev–Trinajstić information content (AvgIpc) is 3.94. The van der Waals surface area contributed by atoms with E-state index in [1.54, 1.807) is 45.4 Å². The Bertz CT molecular complexity index is 1920. The van der Waals surface area contributed by atoms with Crippen LogP contribution in [0, 0.1) is 35.5 Å². The Morgan fingerprint density at radius 1 is 0.698 bits per heavy atom. The van der Waals surface area contributed by atoms with E-state index >= 15 is 0 Å². The summed E-state index contributed by atoms with van der Waals surface area (Å²) in [4.78, 5) is 63.3. The Kier molecular flexibility index (Phi) is 11.1. The number of aromatic nitrogens is 4. The summed E-state index contributed by atoms with van der Waals surface area (Å²) in [5.41, 5.74) is 3.03. The average molecular weight is 796 g/mol. The van der Waals surface area contributed by atoms with Crippen molar-refractivity contribution in [1.82, 2.24) is 35.1 Å². The van der Waals surface area contributed by atoms with E-state index in [0.717, 1.165) is 23.5 Å². The van der Waals surface area contributed by atoms with E-state index in [4.69, 9.17) is 34.8 Å². The summed E-state index contributed by atoms with van der Waals surface area (Å²) in [7, 11) is 6.72. The molecular formula is C34H36Cl3F3N10O3. The predicted octanol–water partition coefficient (Wildman–Crippen LogP) is 5.06. The highest BCUT2D eigenvalue weighted by Crippen LogP contribution is 2.47. The van der Waals surface area contributed by atoms with Crippen LogP contribution >= 0.6 is 34.8 Å². The van der Waals surface area contributed by atoms with Gasteiger partial charge in [-0.1, -0.05) is 35.9 Å². The lowest BCUT2D eigenvalue weighted by atomic mass is 9.87. The molecule has 4 aliphatic carbocycles. The molecule has 0 aromatic carbocycles. The summed E-state index contributed by atoms with van der Waals surface area (Å²) in [5.74, 6) is -1.75.